The molecule has 0 aliphatic carbocycles. The zero-order valence-corrected chi connectivity index (χ0v) is 9.68. The molecular weight excluding hydrogens is 226 g/mol. The average Bonchev–Trinajstić information content (AvgIpc) is 2.29. The molecule has 1 aliphatic heterocycles. The average molecular weight is 243 g/mol. The fraction of sp³-hybridized carbons (Fsp3) is 0.700. The molecule has 1 fully saturated rings. The molecule has 7 nitrogen and oxygen atoms in total. The normalized spacial score (nSPS) is 21.9. The van der Waals surface area contributed by atoms with Gasteiger partial charge in [0, 0.05) is 13.1 Å². The van der Waals surface area contributed by atoms with Crippen LogP contribution >= 0.6 is 0 Å². The first-order chi connectivity index (χ1) is 7.97. The van der Waals surface area contributed by atoms with E-state index in [0.717, 1.165) is 0 Å². The molecule has 0 aromatic heterocycles. The van der Waals surface area contributed by atoms with E-state index in [0.29, 0.717) is 19.5 Å². The third-order valence-electron chi connectivity index (χ3n) is 2.74. The summed E-state index contributed by atoms with van der Waals surface area (Å²) in [6.45, 7) is 2.39. The van der Waals surface area contributed by atoms with Crippen LogP contribution in [0.2, 0.25) is 0 Å². The molecule has 0 radical (unpaired) electrons. The van der Waals surface area contributed by atoms with Crippen molar-refractivity contribution in [3.8, 4) is 0 Å². The van der Waals surface area contributed by atoms with Crippen molar-refractivity contribution in [1.29, 1.82) is 0 Å². The van der Waals surface area contributed by atoms with E-state index in [2.05, 4.69) is 5.32 Å². The molecule has 17 heavy (non-hydrogen) atoms. The predicted octanol–water partition coefficient (Wildman–Crippen LogP) is -1.47. The van der Waals surface area contributed by atoms with Crippen LogP contribution in [0.3, 0.4) is 0 Å². The number of carboxylic acids is 1. The monoisotopic (exact) mass is 243 g/mol. The molecule has 96 valence electrons. The lowest BCUT2D eigenvalue weighted by Crippen LogP contribution is -2.60. The molecule has 1 aliphatic rings. The molecule has 1 rings (SSSR count). The highest BCUT2D eigenvalue weighted by Crippen LogP contribution is 2.11. The molecule has 0 bridgehead atoms. The van der Waals surface area contributed by atoms with Gasteiger partial charge in [-0.15, -0.1) is 0 Å². The molecular formula is C10H17N3O4. The standard InChI is InChI=1S/C10H17N3O4/c1-2-6(11)10(17)13-4-3-12-9(16)7(13)5-8(14)15/h6-7H,2-5,11H2,1H3,(H,12,16)(H,14,15)/t6-,7?/m1/s1. The highest BCUT2D eigenvalue weighted by molar-refractivity contribution is 5.93. The summed E-state index contributed by atoms with van der Waals surface area (Å²) in [7, 11) is 0. The van der Waals surface area contributed by atoms with Gasteiger partial charge < -0.3 is 21.1 Å². The number of amides is 2. The van der Waals surface area contributed by atoms with Crippen LogP contribution < -0.4 is 11.1 Å². The molecule has 0 saturated carbocycles. The van der Waals surface area contributed by atoms with E-state index >= 15 is 0 Å². The number of carboxylic acid groups (broad SMARTS) is 1. The molecule has 0 aromatic rings. The van der Waals surface area contributed by atoms with E-state index in [4.69, 9.17) is 10.8 Å². The van der Waals surface area contributed by atoms with E-state index in [9.17, 15) is 14.4 Å². The maximum atomic E-state index is 11.9. The lowest BCUT2D eigenvalue weighted by atomic mass is 10.1. The molecule has 1 heterocycles. The van der Waals surface area contributed by atoms with Gasteiger partial charge in [0.25, 0.3) is 0 Å². The Labute approximate surface area is 98.9 Å². The largest absolute Gasteiger partial charge is 0.481 e. The molecule has 0 aromatic carbocycles. The Morgan fingerprint density at radius 1 is 1.65 bits per heavy atom. The topological polar surface area (TPSA) is 113 Å². The summed E-state index contributed by atoms with van der Waals surface area (Å²) < 4.78 is 0. The number of carbonyl (C=O) groups is 3. The first kappa shape index (κ1) is 13.4. The summed E-state index contributed by atoms with van der Waals surface area (Å²) in [5, 5.41) is 11.3. The van der Waals surface area contributed by atoms with Gasteiger partial charge in [-0.05, 0) is 6.42 Å². The summed E-state index contributed by atoms with van der Waals surface area (Å²) in [6, 6.07) is -1.64. The van der Waals surface area contributed by atoms with Gasteiger partial charge >= 0.3 is 5.97 Å². The Morgan fingerprint density at radius 2 is 2.29 bits per heavy atom. The number of piperazine rings is 1. The molecule has 0 spiro atoms. The van der Waals surface area contributed by atoms with Crippen molar-refractivity contribution in [2.75, 3.05) is 13.1 Å². The van der Waals surface area contributed by atoms with Gasteiger partial charge in [0.15, 0.2) is 0 Å². The van der Waals surface area contributed by atoms with E-state index in [1.807, 2.05) is 0 Å². The second-order valence-electron chi connectivity index (χ2n) is 3.95. The van der Waals surface area contributed by atoms with Crippen molar-refractivity contribution in [2.24, 2.45) is 5.73 Å². The van der Waals surface area contributed by atoms with Gasteiger partial charge in [0.05, 0.1) is 12.5 Å². The summed E-state index contributed by atoms with van der Waals surface area (Å²) >= 11 is 0. The smallest absolute Gasteiger partial charge is 0.305 e. The summed E-state index contributed by atoms with van der Waals surface area (Å²) in [4.78, 5) is 35.4. The molecule has 2 amide bonds. The van der Waals surface area contributed by atoms with Gasteiger partial charge in [-0.25, -0.2) is 0 Å². The lowest BCUT2D eigenvalue weighted by Gasteiger charge is -2.35. The molecule has 1 saturated heterocycles. The van der Waals surface area contributed by atoms with E-state index < -0.39 is 30.4 Å². The maximum Gasteiger partial charge on any atom is 0.305 e. The van der Waals surface area contributed by atoms with Crippen molar-refractivity contribution in [3.05, 3.63) is 0 Å². The Morgan fingerprint density at radius 3 is 2.82 bits per heavy atom. The molecule has 4 N–H and O–H groups in total. The van der Waals surface area contributed by atoms with E-state index in [1.54, 1.807) is 6.92 Å². The number of aliphatic carboxylic acids is 1. The van der Waals surface area contributed by atoms with Crippen LogP contribution in [0.4, 0.5) is 0 Å². The minimum absolute atomic E-state index is 0.302. The Balaban J connectivity index is 2.82. The number of nitrogens with zero attached hydrogens (tertiary/aromatic N) is 1. The number of carbonyl (C=O) groups excluding carboxylic acids is 2. The number of hydrogen-bond donors (Lipinski definition) is 3. The van der Waals surface area contributed by atoms with Crippen LogP contribution in [-0.4, -0.2) is 53.0 Å². The second-order valence-corrected chi connectivity index (χ2v) is 3.95. The lowest BCUT2D eigenvalue weighted by molar-refractivity contribution is -0.149. The van der Waals surface area contributed by atoms with Gasteiger partial charge in [0.1, 0.15) is 6.04 Å². The van der Waals surface area contributed by atoms with Crippen molar-refractivity contribution in [3.63, 3.8) is 0 Å². The highest BCUT2D eigenvalue weighted by atomic mass is 16.4. The van der Waals surface area contributed by atoms with Crippen LogP contribution in [0, 0.1) is 0 Å². The highest BCUT2D eigenvalue weighted by Gasteiger charge is 2.35. The van der Waals surface area contributed by atoms with Crippen LogP contribution in [-0.2, 0) is 14.4 Å². The van der Waals surface area contributed by atoms with Gasteiger partial charge in [0.2, 0.25) is 11.8 Å². The summed E-state index contributed by atoms with van der Waals surface area (Å²) in [5.74, 6) is -1.92. The fourth-order valence-electron chi connectivity index (χ4n) is 1.73. The van der Waals surface area contributed by atoms with Crippen LogP contribution in [0.15, 0.2) is 0 Å². The number of rotatable bonds is 4. The number of nitrogens with one attached hydrogen (secondary N) is 1. The van der Waals surface area contributed by atoms with Crippen LogP contribution in [0.5, 0.6) is 0 Å². The first-order valence-corrected chi connectivity index (χ1v) is 5.53. The predicted molar refractivity (Wildman–Crippen MR) is 59.0 cm³/mol. The zero-order valence-electron chi connectivity index (χ0n) is 9.68. The van der Waals surface area contributed by atoms with Crippen LogP contribution in [0.1, 0.15) is 19.8 Å². The molecule has 2 atom stereocenters. The minimum atomic E-state index is -1.12. The quantitative estimate of drug-likeness (QED) is 0.557. The summed E-state index contributed by atoms with van der Waals surface area (Å²) in [5.41, 5.74) is 5.62. The maximum absolute atomic E-state index is 11.9. The second kappa shape index (κ2) is 5.62. The Bertz CT molecular complexity index is 332. The third kappa shape index (κ3) is 3.16. The van der Waals surface area contributed by atoms with Crippen molar-refractivity contribution in [1.82, 2.24) is 10.2 Å². The van der Waals surface area contributed by atoms with Crippen molar-refractivity contribution in [2.45, 2.75) is 31.8 Å². The number of hydrogen-bond acceptors (Lipinski definition) is 4. The third-order valence-corrected chi connectivity index (χ3v) is 2.74. The number of nitrogens with two attached hydrogens (primary N) is 1. The SMILES string of the molecule is CC[C@@H](N)C(=O)N1CCNC(=O)C1CC(=O)O. The van der Waals surface area contributed by atoms with E-state index in [-0.39, 0.29) is 5.91 Å². The zero-order chi connectivity index (χ0) is 13.0. The van der Waals surface area contributed by atoms with Crippen molar-refractivity contribution >= 4 is 17.8 Å². The van der Waals surface area contributed by atoms with Gasteiger partial charge in [-0.1, -0.05) is 6.92 Å². The fourth-order valence-corrected chi connectivity index (χ4v) is 1.73. The minimum Gasteiger partial charge on any atom is -0.481 e. The van der Waals surface area contributed by atoms with Gasteiger partial charge in [-0.2, -0.15) is 0 Å². The van der Waals surface area contributed by atoms with E-state index in [1.165, 1.54) is 4.90 Å². The Hall–Kier alpha value is -1.63. The van der Waals surface area contributed by atoms with Crippen LogP contribution in [0.25, 0.3) is 0 Å². The molecule has 7 heteroatoms. The van der Waals surface area contributed by atoms with Gasteiger partial charge in [-0.3, -0.25) is 14.4 Å². The molecule has 1 unspecified atom stereocenters. The Kier molecular flexibility index (Phi) is 4.45. The first-order valence-electron chi connectivity index (χ1n) is 5.53. The van der Waals surface area contributed by atoms with Crippen molar-refractivity contribution < 1.29 is 19.5 Å². The summed E-state index contributed by atoms with van der Waals surface area (Å²) in [6.07, 6.45) is 0.0603.